The molecule has 1 aliphatic carbocycles. The molecule has 0 amide bonds. The number of halogens is 1. The van der Waals surface area contributed by atoms with E-state index in [0.29, 0.717) is 28.8 Å². The monoisotopic (exact) mass is 401 g/mol. The summed E-state index contributed by atoms with van der Waals surface area (Å²) in [5.74, 6) is 0.710. The largest absolute Gasteiger partial charge is 0.309 e. The standard InChI is InChI=1S/C21H24ClN3OS/c22-17-11-7-6-10-15(17)16-13-27-21-19(16)20(26)24-18(25-21)12-23-14-8-4-2-1-3-5-9-14/h6-7,10-11,13-14,23H,1-5,8-9,12H2,(H,24,25,26). The minimum atomic E-state index is -0.0920. The smallest absolute Gasteiger partial charge is 0.260 e. The predicted molar refractivity (Wildman–Crippen MR) is 114 cm³/mol. The van der Waals surface area contributed by atoms with E-state index in [0.717, 1.165) is 16.0 Å². The van der Waals surface area contributed by atoms with Crippen LogP contribution < -0.4 is 10.9 Å². The summed E-state index contributed by atoms with van der Waals surface area (Å²) in [5, 5.41) is 6.84. The molecule has 0 spiro atoms. The van der Waals surface area contributed by atoms with Gasteiger partial charge in [-0.2, -0.15) is 0 Å². The molecule has 0 radical (unpaired) electrons. The van der Waals surface area contributed by atoms with E-state index in [2.05, 4.69) is 10.3 Å². The molecule has 0 bridgehead atoms. The van der Waals surface area contributed by atoms with Crippen molar-refractivity contribution in [3.63, 3.8) is 0 Å². The van der Waals surface area contributed by atoms with E-state index in [9.17, 15) is 4.79 Å². The summed E-state index contributed by atoms with van der Waals surface area (Å²) in [6.07, 6.45) is 9.02. The van der Waals surface area contributed by atoms with Crippen LogP contribution in [0.4, 0.5) is 0 Å². The summed E-state index contributed by atoms with van der Waals surface area (Å²) in [6.45, 7) is 0.606. The summed E-state index contributed by atoms with van der Waals surface area (Å²) in [4.78, 5) is 21.2. The summed E-state index contributed by atoms with van der Waals surface area (Å²) in [7, 11) is 0. The lowest BCUT2D eigenvalue weighted by Gasteiger charge is -2.20. The Labute approximate surface area is 168 Å². The lowest BCUT2D eigenvalue weighted by Crippen LogP contribution is -2.30. The molecule has 2 heterocycles. The second-order valence-corrected chi connectivity index (χ2v) is 8.51. The van der Waals surface area contributed by atoms with Crippen LogP contribution in [-0.2, 0) is 6.54 Å². The van der Waals surface area contributed by atoms with Crippen molar-refractivity contribution >= 4 is 33.2 Å². The van der Waals surface area contributed by atoms with Crippen LogP contribution in [0.15, 0.2) is 34.4 Å². The summed E-state index contributed by atoms with van der Waals surface area (Å²) < 4.78 is 0. The Balaban J connectivity index is 1.56. The van der Waals surface area contributed by atoms with E-state index in [-0.39, 0.29) is 5.56 Å². The molecule has 0 saturated heterocycles. The third kappa shape index (κ3) is 4.26. The number of aromatic nitrogens is 2. The molecule has 1 aromatic carbocycles. The highest BCUT2D eigenvalue weighted by molar-refractivity contribution is 7.17. The van der Waals surface area contributed by atoms with Crippen LogP contribution in [0.3, 0.4) is 0 Å². The van der Waals surface area contributed by atoms with Crippen molar-refractivity contribution in [1.29, 1.82) is 0 Å². The van der Waals surface area contributed by atoms with Crippen molar-refractivity contribution in [2.75, 3.05) is 0 Å². The molecule has 2 aromatic heterocycles. The molecular weight excluding hydrogens is 378 g/mol. The average Bonchev–Trinajstić information content (AvgIpc) is 3.05. The Kier molecular flexibility index (Phi) is 5.91. The molecular formula is C21H24ClN3OS. The normalized spacial score (nSPS) is 16.3. The van der Waals surface area contributed by atoms with Crippen molar-refractivity contribution in [2.24, 2.45) is 0 Å². The quantitative estimate of drug-likeness (QED) is 0.606. The first-order chi connectivity index (χ1) is 13.2. The maximum atomic E-state index is 12.8. The summed E-state index contributed by atoms with van der Waals surface area (Å²) >= 11 is 7.82. The molecule has 1 fully saturated rings. The maximum Gasteiger partial charge on any atom is 0.260 e. The SMILES string of the molecule is O=c1[nH]c(CNC2CCCCCCC2)nc2scc(-c3ccccc3Cl)c12. The Bertz CT molecular complexity index is 973. The van der Waals surface area contributed by atoms with E-state index in [1.807, 2.05) is 29.6 Å². The van der Waals surface area contributed by atoms with E-state index in [4.69, 9.17) is 16.6 Å². The van der Waals surface area contributed by atoms with Gasteiger partial charge in [0.25, 0.3) is 5.56 Å². The molecule has 6 heteroatoms. The van der Waals surface area contributed by atoms with Gasteiger partial charge in [0.15, 0.2) is 0 Å². The minimum absolute atomic E-state index is 0.0920. The topological polar surface area (TPSA) is 57.8 Å². The number of nitrogens with zero attached hydrogens (tertiary/aromatic N) is 1. The van der Waals surface area contributed by atoms with Gasteiger partial charge in [0.1, 0.15) is 10.7 Å². The molecule has 27 heavy (non-hydrogen) atoms. The lowest BCUT2D eigenvalue weighted by atomic mass is 9.97. The van der Waals surface area contributed by atoms with Gasteiger partial charge in [-0.3, -0.25) is 4.79 Å². The zero-order chi connectivity index (χ0) is 18.6. The number of hydrogen-bond acceptors (Lipinski definition) is 4. The van der Waals surface area contributed by atoms with Crippen molar-refractivity contribution in [3.05, 3.63) is 50.8 Å². The highest BCUT2D eigenvalue weighted by Gasteiger charge is 2.16. The van der Waals surface area contributed by atoms with Crippen LogP contribution in [0.25, 0.3) is 21.3 Å². The number of H-pyrrole nitrogens is 1. The van der Waals surface area contributed by atoms with E-state index in [1.54, 1.807) is 0 Å². The van der Waals surface area contributed by atoms with Crippen molar-refractivity contribution in [3.8, 4) is 11.1 Å². The first-order valence-corrected chi connectivity index (χ1v) is 11.0. The number of fused-ring (bicyclic) bond motifs is 1. The van der Waals surface area contributed by atoms with Gasteiger partial charge in [0.2, 0.25) is 0 Å². The average molecular weight is 402 g/mol. The molecule has 1 aliphatic rings. The fourth-order valence-corrected chi connectivity index (χ4v) is 5.05. The molecule has 0 atom stereocenters. The van der Waals surface area contributed by atoms with Crippen LogP contribution >= 0.6 is 22.9 Å². The molecule has 0 aliphatic heterocycles. The molecule has 0 unspecified atom stereocenters. The molecule has 142 valence electrons. The third-order valence-electron chi connectivity index (χ3n) is 5.32. The Morgan fingerprint density at radius 1 is 1.11 bits per heavy atom. The molecule has 1 saturated carbocycles. The van der Waals surface area contributed by atoms with Gasteiger partial charge in [0, 0.05) is 27.6 Å². The fourth-order valence-electron chi connectivity index (χ4n) is 3.86. The van der Waals surface area contributed by atoms with Crippen molar-refractivity contribution in [1.82, 2.24) is 15.3 Å². The van der Waals surface area contributed by atoms with Crippen molar-refractivity contribution < 1.29 is 0 Å². The van der Waals surface area contributed by atoms with Crippen LogP contribution in [0.5, 0.6) is 0 Å². The van der Waals surface area contributed by atoms with Crippen LogP contribution in [0.2, 0.25) is 5.02 Å². The first-order valence-electron chi connectivity index (χ1n) is 9.71. The van der Waals surface area contributed by atoms with Gasteiger partial charge in [-0.05, 0) is 18.9 Å². The van der Waals surface area contributed by atoms with Crippen LogP contribution in [0, 0.1) is 0 Å². The third-order valence-corrected chi connectivity index (χ3v) is 6.52. The lowest BCUT2D eigenvalue weighted by molar-refractivity contribution is 0.386. The van der Waals surface area contributed by atoms with Gasteiger partial charge >= 0.3 is 0 Å². The fraction of sp³-hybridized carbons (Fsp3) is 0.429. The Morgan fingerprint density at radius 3 is 2.63 bits per heavy atom. The zero-order valence-corrected chi connectivity index (χ0v) is 16.8. The minimum Gasteiger partial charge on any atom is -0.309 e. The van der Waals surface area contributed by atoms with Crippen LogP contribution in [0.1, 0.15) is 50.8 Å². The maximum absolute atomic E-state index is 12.8. The summed E-state index contributed by atoms with van der Waals surface area (Å²) in [5.41, 5.74) is 1.64. The van der Waals surface area contributed by atoms with Crippen LogP contribution in [-0.4, -0.2) is 16.0 Å². The van der Waals surface area contributed by atoms with E-state index < -0.39 is 0 Å². The highest BCUT2D eigenvalue weighted by atomic mass is 35.5. The molecule has 4 nitrogen and oxygen atoms in total. The van der Waals surface area contributed by atoms with E-state index >= 15 is 0 Å². The first kappa shape index (κ1) is 18.7. The zero-order valence-electron chi connectivity index (χ0n) is 15.3. The number of thiophene rings is 1. The second kappa shape index (κ2) is 8.55. The van der Waals surface area contributed by atoms with Gasteiger partial charge in [-0.15, -0.1) is 11.3 Å². The summed E-state index contributed by atoms with van der Waals surface area (Å²) in [6, 6.07) is 8.12. The molecule has 2 N–H and O–H groups in total. The number of nitrogens with one attached hydrogen (secondary N) is 2. The second-order valence-electron chi connectivity index (χ2n) is 7.24. The van der Waals surface area contributed by atoms with E-state index in [1.165, 1.54) is 56.3 Å². The molecule has 4 rings (SSSR count). The van der Waals surface area contributed by atoms with Gasteiger partial charge in [0.05, 0.1) is 11.9 Å². The van der Waals surface area contributed by atoms with Gasteiger partial charge in [-0.25, -0.2) is 4.98 Å². The van der Waals surface area contributed by atoms with Gasteiger partial charge in [-0.1, -0.05) is 61.9 Å². The number of aromatic amines is 1. The Morgan fingerprint density at radius 2 is 1.85 bits per heavy atom. The molecule has 3 aromatic rings. The number of benzene rings is 1. The van der Waals surface area contributed by atoms with Gasteiger partial charge < -0.3 is 10.3 Å². The van der Waals surface area contributed by atoms with Crippen molar-refractivity contribution in [2.45, 2.75) is 57.5 Å². The highest BCUT2D eigenvalue weighted by Crippen LogP contribution is 2.34. The predicted octanol–water partition coefficient (Wildman–Crippen LogP) is 5.51. The Hall–Kier alpha value is -1.69. The number of hydrogen-bond donors (Lipinski definition) is 2. The number of rotatable bonds is 4.